The van der Waals surface area contributed by atoms with E-state index >= 15 is 0 Å². The van der Waals surface area contributed by atoms with E-state index in [1.165, 1.54) is 31.2 Å². The Balaban J connectivity index is 1.83. The van der Waals surface area contributed by atoms with Gasteiger partial charge < -0.3 is 10.3 Å². The summed E-state index contributed by atoms with van der Waals surface area (Å²) >= 11 is 0. The second kappa shape index (κ2) is 8.09. The fourth-order valence-corrected chi connectivity index (χ4v) is 3.94. The van der Waals surface area contributed by atoms with Crippen molar-refractivity contribution in [2.24, 2.45) is 0 Å². The molecular weight excluding hydrogens is 475 g/mol. The highest BCUT2D eigenvalue weighted by Crippen LogP contribution is 2.38. The molecule has 4 aromatic rings. The number of rotatable bonds is 4. The molecule has 0 saturated carbocycles. The van der Waals surface area contributed by atoms with Crippen LogP contribution in [0.15, 0.2) is 58.4 Å². The number of pyridine rings is 1. The molecule has 3 aromatic heterocycles. The first-order chi connectivity index (χ1) is 15.9. The van der Waals surface area contributed by atoms with Crippen molar-refractivity contribution in [2.45, 2.75) is 18.0 Å². The molecule has 0 aliphatic carbocycles. The van der Waals surface area contributed by atoms with E-state index < -0.39 is 38.7 Å². The van der Waals surface area contributed by atoms with Gasteiger partial charge in [-0.2, -0.15) is 22.8 Å². The van der Waals surface area contributed by atoms with Gasteiger partial charge in [0.25, 0.3) is 11.5 Å². The molecule has 0 spiro atoms. The molecule has 9 nitrogen and oxygen atoms in total. The molecule has 0 radical (unpaired) electrons. The van der Waals surface area contributed by atoms with Crippen LogP contribution in [0.5, 0.6) is 0 Å². The summed E-state index contributed by atoms with van der Waals surface area (Å²) in [7, 11) is -3.51. The lowest BCUT2D eigenvalue weighted by Crippen LogP contribution is -2.29. The van der Waals surface area contributed by atoms with Crippen LogP contribution in [-0.2, 0) is 16.0 Å². The van der Waals surface area contributed by atoms with Gasteiger partial charge in [-0.1, -0.05) is 30.3 Å². The monoisotopic (exact) mass is 491 g/mol. The van der Waals surface area contributed by atoms with Gasteiger partial charge in [-0.25, -0.2) is 13.4 Å². The van der Waals surface area contributed by atoms with Crippen LogP contribution in [0.3, 0.4) is 0 Å². The predicted octanol–water partition coefficient (Wildman–Crippen LogP) is 3.07. The smallest absolute Gasteiger partial charge is 0.342 e. The first-order valence-corrected chi connectivity index (χ1v) is 11.5. The predicted molar refractivity (Wildman–Crippen MR) is 116 cm³/mol. The van der Waals surface area contributed by atoms with Crippen LogP contribution < -0.4 is 10.9 Å². The Hall–Kier alpha value is -4.00. The number of halogens is 3. The van der Waals surface area contributed by atoms with Crippen LogP contribution in [0.1, 0.15) is 21.7 Å². The number of hydrogen-bond donors (Lipinski definition) is 2. The molecular formula is C21H16F3N5O4S. The number of aryl methyl sites for hydroxylation is 1. The Labute approximate surface area is 190 Å². The maximum atomic E-state index is 13.7. The average Bonchev–Trinajstić information content (AvgIpc) is 3.14. The maximum absolute atomic E-state index is 13.7. The number of carbonyl (C=O) groups excluding carboxylic acids is 1. The molecule has 2 N–H and O–H groups in total. The highest BCUT2D eigenvalue weighted by Gasteiger charge is 2.39. The highest BCUT2D eigenvalue weighted by molar-refractivity contribution is 7.90. The summed E-state index contributed by atoms with van der Waals surface area (Å²) in [5, 5.41) is 5.81. The minimum atomic E-state index is -4.86. The molecule has 0 unspecified atom stereocenters. The maximum Gasteiger partial charge on any atom is 0.435 e. The standard InChI is InChI=1S/C21H16F3N5O4S/c1-11-15(19(30)27-14-9-8-13(10-25-14)34(2,32)33)20(31)29-18(26-11)16(12-6-4-3-5-7-12)17(28-29)21(22,23)24/h3-10,26H,1-2H3,(H,25,27,30). The molecule has 1 amide bonds. The Morgan fingerprint density at radius 1 is 1.12 bits per heavy atom. The lowest BCUT2D eigenvalue weighted by Gasteiger charge is -2.09. The lowest BCUT2D eigenvalue weighted by atomic mass is 10.1. The molecule has 0 atom stereocenters. The molecule has 1 aromatic carbocycles. The number of hydrogen-bond acceptors (Lipinski definition) is 6. The number of aromatic amines is 1. The molecule has 3 heterocycles. The number of carbonyl (C=O) groups is 1. The Bertz CT molecular complexity index is 1580. The van der Waals surface area contributed by atoms with E-state index in [1.54, 1.807) is 18.2 Å². The molecule has 0 saturated heterocycles. The fraction of sp³-hybridized carbons (Fsp3) is 0.143. The van der Waals surface area contributed by atoms with Gasteiger partial charge in [-0.15, -0.1) is 0 Å². The van der Waals surface area contributed by atoms with Crippen molar-refractivity contribution in [1.29, 1.82) is 0 Å². The minimum Gasteiger partial charge on any atom is -0.342 e. The number of benzene rings is 1. The summed E-state index contributed by atoms with van der Waals surface area (Å²) in [4.78, 5) is 32.3. The van der Waals surface area contributed by atoms with Crippen molar-refractivity contribution >= 4 is 27.2 Å². The van der Waals surface area contributed by atoms with Crippen LogP contribution in [0.4, 0.5) is 19.0 Å². The molecule has 0 fully saturated rings. The van der Waals surface area contributed by atoms with Crippen LogP contribution in [0, 0.1) is 6.92 Å². The van der Waals surface area contributed by atoms with Crippen molar-refractivity contribution in [3.05, 3.63) is 76.0 Å². The van der Waals surface area contributed by atoms with E-state index in [-0.39, 0.29) is 33.2 Å². The van der Waals surface area contributed by atoms with Crippen LogP contribution in [0.2, 0.25) is 0 Å². The van der Waals surface area contributed by atoms with Gasteiger partial charge in [0, 0.05) is 18.1 Å². The molecule has 13 heteroatoms. The van der Waals surface area contributed by atoms with Gasteiger partial charge in [0.2, 0.25) is 0 Å². The lowest BCUT2D eigenvalue weighted by molar-refractivity contribution is -0.140. The second-order valence-electron chi connectivity index (χ2n) is 7.38. The normalized spacial score (nSPS) is 12.1. The van der Waals surface area contributed by atoms with Crippen LogP contribution >= 0.6 is 0 Å². The van der Waals surface area contributed by atoms with Gasteiger partial charge in [0.05, 0.1) is 10.5 Å². The topological polar surface area (TPSA) is 126 Å². The first-order valence-electron chi connectivity index (χ1n) is 9.63. The summed E-state index contributed by atoms with van der Waals surface area (Å²) in [6, 6.07) is 10.1. The average molecular weight is 491 g/mol. The van der Waals surface area contributed by atoms with Crippen LogP contribution in [-0.4, -0.2) is 40.2 Å². The van der Waals surface area contributed by atoms with E-state index in [2.05, 4.69) is 20.4 Å². The number of anilines is 1. The van der Waals surface area contributed by atoms with Gasteiger partial charge in [0.1, 0.15) is 17.0 Å². The van der Waals surface area contributed by atoms with Crippen LogP contribution in [0.25, 0.3) is 16.8 Å². The third kappa shape index (κ3) is 4.17. The van der Waals surface area contributed by atoms with Crippen molar-refractivity contribution in [2.75, 3.05) is 11.6 Å². The zero-order valence-electron chi connectivity index (χ0n) is 17.6. The zero-order valence-corrected chi connectivity index (χ0v) is 18.5. The van der Waals surface area contributed by atoms with Crippen molar-refractivity contribution in [1.82, 2.24) is 19.6 Å². The summed E-state index contributed by atoms with van der Waals surface area (Å²) in [6.45, 7) is 1.37. The Morgan fingerprint density at radius 3 is 2.35 bits per heavy atom. The molecule has 0 aliphatic rings. The van der Waals surface area contributed by atoms with E-state index in [1.807, 2.05) is 0 Å². The number of amides is 1. The Morgan fingerprint density at radius 2 is 1.79 bits per heavy atom. The summed E-state index contributed by atoms with van der Waals surface area (Å²) in [5.74, 6) is -1.01. The highest BCUT2D eigenvalue weighted by atomic mass is 32.2. The van der Waals surface area contributed by atoms with Gasteiger partial charge in [-0.05, 0) is 24.6 Å². The number of nitrogens with one attached hydrogen (secondary N) is 2. The number of sulfone groups is 1. The fourth-order valence-electron chi connectivity index (χ4n) is 3.38. The van der Waals surface area contributed by atoms with E-state index in [0.717, 1.165) is 12.5 Å². The third-order valence-corrected chi connectivity index (χ3v) is 6.03. The zero-order chi connectivity index (χ0) is 24.8. The molecule has 0 aliphatic heterocycles. The summed E-state index contributed by atoms with van der Waals surface area (Å²) < 4.78 is 64.8. The van der Waals surface area contributed by atoms with E-state index in [4.69, 9.17) is 0 Å². The van der Waals surface area contributed by atoms with Crippen molar-refractivity contribution < 1.29 is 26.4 Å². The molecule has 176 valence electrons. The second-order valence-corrected chi connectivity index (χ2v) is 9.40. The number of nitrogens with zero attached hydrogens (tertiary/aromatic N) is 3. The minimum absolute atomic E-state index is 0.00793. The quantitative estimate of drug-likeness (QED) is 0.452. The van der Waals surface area contributed by atoms with Gasteiger partial charge in [-0.3, -0.25) is 9.59 Å². The number of aromatic nitrogens is 4. The molecule has 4 rings (SSSR count). The molecule has 0 bridgehead atoms. The van der Waals surface area contributed by atoms with Gasteiger partial charge in [0.15, 0.2) is 15.5 Å². The number of fused-ring (bicyclic) bond motifs is 1. The third-order valence-electron chi connectivity index (χ3n) is 4.94. The summed E-state index contributed by atoms with van der Waals surface area (Å²) in [6.07, 6.45) is -2.84. The first kappa shape index (κ1) is 23.2. The number of H-pyrrole nitrogens is 1. The van der Waals surface area contributed by atoms with Crippen molar-refractivity contribution in [3.63, 3.8) is 0 Å². The number of alkyl halides is 3. The SMILES string of the molecule is Cc1[nH]c2c(-c3ccccc3)c(C(F)(F)F)nn2c(=O)c1C(=O)Nc1ccc(S(C)(=O)=O)cn1. The van der Waals surface area contributed by atoms with Crippen molar-refractivity contribution in [3.8, 4) is 11.1 Å². The van der Waals surface area contributed by atoms with E-state index in [9.17, 15) is 31.2 Å². The Kier molecular flexibility index (Phi) is 5.52. The summed E-state index contributed by atoms with van der Waals surface area (Å²) in [5.41, 5.74) is -3.16. The molecule has 34 heavy (non-hydrogen) atoms. The van der Waals surface area contributed by atoms with E-state index in [0.29, 0.717) is 4.52 Å². The van der Waals surface area contributed by atoms with Gasteiger partial charge >= 0.3 is 6.18 Å². The largest absolute Gasteiger partial charge is 0.435 e.